The lowest BCUT2D eigenvalue weighted by Gasteiger charge is -2.35. The van der Waals surface area contributed by atoms with Crippen LogP contribution in [0.3, 0.4) is 0 Å². The molecule has 0 bridgehead atoms. The minimum absolute atomic E-state index is 0.114. The van der Waals surface area contributed by atoms with Gasteiger partial charge in [-0.3, -0.25) is 4.68 Å². The summed E-state index contributed by atoms with van der Waals surface area (Å²) in [6.07, 6.45) is 3.13. The van der Waals surface area contributed by atoms with Crippen molar-refractivity contribution in [3.8, 4) is 0 Å². The number of rotatable bonds is 1. The van der Waals surface area contributed by atoms with Crippen molar-refractivity contribution in [2.24, 2.45) is 7.05 Å². The minimum Gasteiger partial charge on any atom is -0.383 e. The highest BCUT2D eigenvalue weighted by Gasteiger charge is 2.36. The van der Waals surface area contributed by atoms with Crippen molar-refractivity contribution in [3.63, 3.8) is 0 Å². The first-order chi connectivity index (χ1) is 6.62. The molecule has 78 valence electrons. The van der Waals surface area contributed by atoms with Gasteiger partial charge in [0.25, 0.3) is 0 Å². The second-order valence-corrected chi connectivity index (χ2v) is 4.01. The fourth-order valence-corrected chi connectivity index (χ4v) is 2.13. The van der Waals surface area contributed by atoms with Gasteiger partial charge in [0.05, 0.1) is 18.4 Å². The van der Waals surface area contributed by atoms with Gasteiger partial charge in [-0.2, -0.15) is 5.10 Å². The second kappa shape index (κ2) is 3.37. The van der Waals surface area contributed by atoms with Crippen LogP contribution in [0.2, 0.25) is 0 Å². The van der Waals surface area contributed by atoms with Crippen molar-refractivity contribution in [2.45, 2.75) is 31.5 Å². The van der Waals surface area contributed by atoms with Crippen LogP contribution in [0.5, 0.6) is 0 Å². The molecule has 1 N–H and O–H groups in total. The first-order valence-corrected chi connectivity index (χ1v) is 4.94. The number of aliphatic hydroxyl groups is 1. The zero-order valence-electron chi connectivity index (χ0n) is 8.60. The van der Waals surface area contributed by atoms with Crippen molar-refractivity contribution >= 4 is 0 Å². The van der Waals surface area contributed by atoms with E-state index in [0.29, 0.717) is 19.4 Å². The van der Waals surface area contributed by atoms with E-state index in [9.17, 15) is 5.11 Å². The highest BCUT2D eigenvalue weighted by atomic mass is 16.5. The van der Waals surface area contributed by atoms with Crippen molar-refractivity contribution in [1.29, 1.82) is 0 Å². The van der Waals surface area contributed by atoms with Crippen LogP contribution in [-0.4, -0.2) is 27.6 Å². The van der Waals surface area contributed by atoms with Gasteiger partial charge in [0, 0.05) is 26.1 Å². The Bertz CT molecular complexity index is 324. The van der Waals surface area contributed by atoms with Gasteiger partial charge in [0.2, 0.25) is 0 Å². The first kappa shape index (κ1) is 9.68. The minimum atomic E-state index is -0.761. The molecule has 2 unspecified atom stereocenters. The lowest BCUT2D eigenvalue weighted by molar-refractivity contribution is -0.105. The molecule has 0 aliphatic carbocycles. The predicted octanol–water partition coefficient (Wildman–Crippen LogP) is 0.807. The Morgan fingerprint density at radius 3 is 3.07 bits per heavy atom. The third kappa shape index (κ3) is 1.55. The Kier molecular flexibility index (Phi) is 2.33. The largest absolute Gasteiger partial charge is 0.383 e. The summed E-state index contributed by atoms with van der Waals surface area (Å²) in [4.78, 5) is 0. The second-order valence-electron chi connectivity index (χ2n) is 4.01. The molecule has 0 saturated carbocycles. The summed E-state index contributed by atoms with van der Waals surface area (Å²) < 4.78 is 7.16. The van der Waals surface area contributed by atoms with Crippen molar-refractivity contribution < 1.29 is 9.84 Å². The van der Waals surface area contributed by atoms with Crippen molar-refractivity contribution in [3.05, 3.63) is 18.0 Å². The number of hydrogen-bond acceptors (Lipinski definition) is 3. The summed E-state index contributed by atoms with van der Waals surface area (Å²) in [5.41, 5.74) is 0.121. The van der Waals surface area contributed by atoms with Gasteiger partial charge in [0.1, 0.15) is 5.60 Å². The van der Waals surface area contributed by atoms with Crippen molar-refractivity contribution in [2.75, 3.05) is 6.61 Å². The van der Waals surface area contributed by atoms with Gasteiger partial charge in [0.15, 0.2) is 0 Å². The molecule has 4 nitrogen and oxygen atoms in total. The molecule has 0 radical (unpaired) electrons. The van der Waals surface area contributed by atoms with Crippen LogP contribution in [0, 0.1) is 0 Å². The summed E-state index contributed by atoms with van der Waals surface area (Å²) in [5.74, 6) is 0. The Balaban J connectivity index is 2.27. The normalized spacial score (nSPS) is 33.2. The number of ether oxygens (including phenoxy) is 1. The topological polar surface area (TPSA) is 47.3 Å². The van der Waals surface area contributed by atoms with Crippen LogP contribution in [-0.2, 0) is 17.4 Å². The molecule has 0 spiro atoms. The zero-order chi connectivity index (χ0) is 10.2. The Hall–Kier alpha value is -0.870. The molecule has 1 aromatic rings. The quantitative estimate of drug-likeness (QED) is 0.723. The van der Waals surface area contributed by atoms with E-state index in [2.05, 4.69) is 5.10 Å². The summed E-state index contributed by atoms with van der Waals surface area (Å²) in [7, 11) is 1.85. The van der Waals surface area contributed by atoms with Gasteiger partial charge in [-0.05, 0) is 13.0 Å². The Morgan fingerprint density at radius 1 is 1.71 bits per heavy atom. The maximum atomic E-state index is 10.4. The van der Waals surface area contributed by atoms with Gasteiger partial charge < -0.3 is 9.84 Å². The van der Waals surface area contributed by atoms with E-state index in [-0.39, 0.29) is 6.10 Å². The van der Waals surface area contributed by atoms with Gasteiger partial charge in [-0.1, -0.05) is 0 Å². The summed E-state index contributed by atoms with van der Waals surface area (Å²) in [5, 5.41) is 14.5. The highest BCUT2D eigenvalue weighted by molar-refractivity contribution is 5.12. The van der Waals surface area contributed by atoms with E-state index in [1.165, 1.54) is 0 Å². The van der Waals surface area contributed by atoms with Crippen LogP contribution >= 0.6 is 0 Å². The third-order valence-electron chi connectivity index (χ3n) is 2.84. The molecule has 1 aromatic heterocycles. The van der Waals surface area contributed by atoms with Gasteiger partial charge >= 0.3 is 0 Å². The van der Waals surface area contributed by atoms with E-state index >= 15 is 0 Å². The molecular weight excluding hydrogens is 180 g/mol. The lowest BCUT2D eigenvalue weighted by Crippen LogP contribution is -2.38. The average Bonchev–Trinajstić information content (AvgIpc) is 2.51. The molecule has 2 rings (SSSR count). The smallest absolute Gasteiger partial charge is 0.111 e. The number of nitrogens with zero attached hydrogens (tertiary/aromatic N) is 2. The fraction of sp³-hybridized carbons (Fsp3) is 0.700. The highest BCUT2D eigenvalue weighted by Crippen LogP contribution is 2.33. The average molecular weight is 196 g/mol. The van der Waals surface area contributed by atoms with E-state index in [1.54, 1.807) is 10.9 Å². The Morgan fingerprint density at radius 2 is 2.50 bits per heavy atom. The Labute approximate surface area is 83.5 Å². The molecule has 0 aromatic carbocycles. The molecule has 2 heterocycles. The van der Waals surface area contributed by atoms with E-state index in [1.807, 2.05) is 20.0 Å². The number of aryl methyl sites for hydroxylation is 1. The molecule has 1 fully saturated rings. The summed E-state index contributed by atoms with van der Waals surface area (Å²) in [6.45, 7) is 2.60. The van der Waals surface area contributed by atoms with Crippen LogP contribution in [0.1, 0.15) is 25.5 Å². The van der Waals surface area contributed by atoms with Gasteiger partial charge in [-0.15, -0.1) is 0 Å². The summed E-state index contributed by atoms with van der Waals surface area (Å²) >= 11 is 0. The van der Waals surface area contributed by atoms with Crippen LogP contribution in [0.4, 0.5) is 0 Å². The summed E-state index contributed by atoms with van der Waals surface area (Å²) in [6, 6.07) is 1.87. The predicted molar refractivity (Wildman–Crippen MR) is 51.8 cm³/mol. The molecule has 1 aliphatic heterocycles. The molecule has 14 heavy (non-hydrogen) atoms. The van der Waals surface area contributed by atoms with Crippen LogP contribution in [0.15, 0.2) is 12.3 Å². The van der Waals surface area contributed by atoms with E-state index < -0.39 is 5.60 Å². The monoisotopic (exact) mass is 196 g/mol. The van der Waals surface area contributed by atoms with E-state index in [0.717, 1.165) is 5.69 Å². The number of hydrogen-bond donors (Lipinski definition) is 1. The molecule has 4 heteroatoms. The molecule has 0 amide bonds. The first-order valence-electron chi connectivity index (χ1n) is 4.94. The standard InChI is InChI=1S/C10H16N2O2/c1-8-7-10(13,4-6-14-8)9-3-5-11-12(9)2/h3,5,8,13H,4,6-7H2,1-2H3. The molecule has 1 aliphatic rings. The fourth-order valence-electron chi connectivity index (χ4n) is 2.13. The SMILES string of the molecule is CC1CC(O)(c2ccnn2C)CCO1. The van der Waals surface area contributed by atoms with Gasteiger partial charge in [-0.25, -0.2) is 0 Å². The lowest BCUT2D eigenvalue weighted by atomic mass is 9.88. The molecule has 1 saturated heterocycles. The number of aromatic nitrogens is 2. The zero-order valence-corrected chi connectivity index (χ0v) is 8.60. The van der Waals surface area contributed by atoms with Crippen molar-refractivity contribution in [1.82, 2.24) is 9.78 Å². The third-order valence-corrected chi connectivity index (χ3v) is 2.84. The maximum Gasteiger partial charge on any atom is 0.111 e. The molecule has 2 atom stereocenters. The van der Waals surface area contributed by atoms with Crippen LogP contribution in [0.25, 0.3) is 0 Å². The van der Waals surface area contributed by atoms with Crippen LogP contribution < -0.4 is 0 Å². The molecular formula is C10H16N2O2. The maximum absolute atomic E-state index is 10.4. The van der Waals surface area contributed by atoms with E-state index in [4.69, 9.17) is 4.74 Å².